The van der Waals surface area contributed by atoms with Gasteiger partial charge in [0.2, 0.25) is 0 Å². The van der Waals surface area contributed by atoms with Crippen LogP contribution >= 0.6 is 22.9 Å². The highest BCUT2D eigenvalue weighted by Crippen LogP contribution is 2.33. The zero-order valence-electron chi connectivity index (χ0n) is 24.3. The molecule has 0 saturated heterocycles. The van der Waals surface area contributed by atoms with Crippen molar-refractivity contribution in [2.75, 3.05) is 17.7 Å². The van der Waals surface area contributed by atoms with Crippen molar-refractivity contribution in [1.82, 2.24) is 19.9 Å². The fourth-order valence-electron chi connectivity index (χ4n) is 4.28. The normalized spacial score (nSPS) is 12.5. The molecular weight excluding hydrogens is 625 g/mol. The Labute approximate surface area is 264 Å². The van der Waals surface area contributed by atoms with Crippen LogP contribution in [0.1, 0.15) is 43.9 Å². The third kappa shape index (κ3) is 7.68. The Bertz CT molecular complexity index is 1870. The van der Waals surface area contributed by atoms with Crippen LogP contribution < -0.4 is 10.1 Å². The van der Waals surface area contributed by atoms with Gasteiger partial charge in [-0.2, -0.15) is 0 Å². The van der Waals surface area contributed by atoms with E-state index in [2.05, 4.69) is 20.3 Å². The lowest BCUT2D eigenvalue weighted by atomic mass is 10.2. The molecule has 0 spiro atoms. The number of aromatic nitrogens is 4. The van der Waals surface area contributed by atoms with Gasteiger partial charge in [0, 0.05) is 16.5 Å². The van der Waals surface area contributed by atoms with Gasteiger partial charge in [0.1, 0.15) is 41.4 Å². The summed E-state index contributed by atoms with van der Waals surface area (Å²) in [5.74, 6) is 0.668. The van der Waals surface area contributed by atoms with Gasteiger partial charge in [-0.15, -0.1) is 11.3 Å². The van der Waals surface area contributed by atoms with E-state index < -0.39 is 15.1 Å². The molecule has 9 nitrogen and oxygen atoms in total. The first kappa shape index (κ1) is 31.7. The van der Waals surface area contributed by atoms with Crippen LogP contribution in [0.4, 0.5) is 15.9 Å². The highest BCUT2D eigenvalue weighted by molar-refractivity contribution is 7.92. The van der Waals surface area contributed by atoms with Crippen molar-refractivity contribution in [2.24, 2.45) is 0 Å². The van der Waals surface area contributed by atoms with Crippen LogP contribution in [-0.4, -0.2) is 46.0 Å². The topological polar surface area (TPSA) is 116 Å². The van der Waals surface area contributed by atoms with E-state index in [1.165, 1.54) is 29.8 Å². The number of fused-ring (bicyclic) bond motifs is 1. The van der Waals surface area contributed by atoms with Crippen molar-refractivity contribution in [2.45, 2.75) is 45.2 Å². The van der Waals surface area contributed by atoms with Gasteiger partial charge < -0.3 is 14.8 Å². The summed E-state index contributed by atoms with van der Waals surface area (Å²) in [4.78, 5) is 18.1. The van der Waals surface area contributed by atoms with Gasteiger partial charge in [-0.1, -0.05) is 30.7 Å². The molecule has 0 aliphatic carbocycles. The quantitative estimate of drug-likeness (QED) is 0.137. The molecule has 1 unspecified atom stereocenters. The van der Waals surface area contributed by atoms with Gasteiger partial charge >= 0.3 is 0 Å². The van der Waals surface area contributed by atoms with E-state index >= 15 is 0 Å². The minimum absolute atomic E-state index is 0.0305. The molecule has 0 aliphatic rings. The zero-order chi connectivity index (χ0) is 31.3. The van der Waals surface area contributed by atoms with Crippen LogP contribution in [-0.2, 0) is 21.2 Å². The zero-order valence-corrected chi connectivity index (χ0v) is 26.7. The Morgan fingerprint density at radius 3 is 2.66 bits per heavy atom. The number of halogens is 2. The maximum Gasteiger partial charge on any atom is 0.154 e. The number of ether oxygens (including phenoxy) is 2. The minimum atomic E-state index is -3.18. The number of anilines is 2. The molecule has 0 bridgehead atoms. The number of hydrogen-bond acceptors (Lipinski definition) is 10. The molecule has 1 atom stereocenters. The van der Waals surface area contributed by atoms with E-state index in [0.717, 1.165) is 10.4 Å². The summed E-state index contributed by atoms with van der Waals surface area (Å²) in [7, 11) is -3.18. The third-order valence-electron chi connectivity index (χ3n) is 6.84. The molecule has 1 N–H and O–H groups in total. The molecule has 0 amide bonds. The number of benzene rings is 2. The van der Waals surface area contributed by atoms with Crippen molar-refractivity contribution >= 4 is 55.2 Å². The Kier molecular flexibility index (Phi) is 10.0. The molecule has 0 aliphatic heterocycles. The van der Waals surface area contributed by atoms with Crippen molar-refractivity contribution in [3.8, 4) is 17.1 Å². The summed E-state index contributed by atoms with van der Waals surface area (Å²) in [6.45, 7) is 5.60. The molecule has 0 radical (unpaired) electrons. The van der Waals surface area contributed by atoms with Crippen molar-refractivity contribution in [3.63, 3.8) is 0 Å². The Morgan fingerprint density at radius 1 is 1.07 bits per heavy atom. The lowest BCUT2D eigenvalue weighted by Crippen LogP contribution is -2.21. The second kappa shape index (κ2) is 13.9. The predicted octanol–water partition coefficient (Wildman–Crippen LogP) is 7.55. The van der Waals surface area contributed by atoms with Gasteiger partial charge in [0.25, 0.3) is 0 Å². The molecule has 2 aromatic carbocycles. The minimum Gasteiger partial charge on any atom is -0.487 e. The number of sulfone groups is 1. The summed E-state index contributed by atoms with van der Waals surface area (Å²) in [5, 5.41) is 6.63. The summed E-state index contributed by atoms with van der Waals surface area (Å²) >= 11 is 7.94. The Balaban J connectivity index is 1.30. The van der Waals surface area contributed by atoms with Crippen LogP contribution in [0.15, 0.2) is 66.4 Å². The number of pyridine rings is 1. The second-order valence-electron chi connectivity index (χ2n) is 10.3. The van der Waals surface area contributed by atoms with Crippen LogP contribution in [0.3, 0.4) is 0 Å². The Morgan fingerprint density at radius 2 is 1.91 bits per heavy atom. The predicted molar refractivity (Wildman–Crippen MR) is 172 cm³/mol. The molecule has 5 aromatic rings. The molecule has 3 heterocycles. The number of thiazole rings is 1. The van der Waals surface area contributed by atoms with Crippen LogP contribution in [0.2, 0.25) is 5.02 Å². The Hall–Kier alpha value is -3.71. The van der Waals surface area contributed by atoms with Crippen molar-refractivity contribution < 1.29 is 22.3 Å². The summed E-state index contributed by atoms with van der Waals surface area (Å²) in [6.07, 6.45) is 3.45. The van der Waals surface area contributed by atoms with Gasteiger partial charge in [0.05, 0.1) is 45.7 Å². The summed E-state index contributed by atoms with van der Waals surface area (Å²) in [6, 6.07) is 13.3. The number of nitrogens with one attached hydrogen (secondary N) is 1. The fourth-order valence-corrected chi connectivity index (χ4v) is 6.26. The lowest BCUT2D eigenvalue weighted by molar-refractivity contribution is 0.0609. The largest absolute Gasteiger partial charge is 0.487 e. The lowest BCUT2D eigenvalue weighted by Gasteiger charge is -2.14. The molecule has 44 heavy (non-hydrogen) atoms. The average molecular weight is 656 g/mol. The maximum absolute atomic E-state index is 13.5. The maximum atomic E-state index is 13.5. The summed E-state index contributed by atoms with van der Waals surface area (Å²) < 4.78 is 49.5. The van der Waals surface area contributed by atoms with E-state index in [1.54, 1.807) is 44.3 Å². The molecule has 0 fully saturated rings. The highest BCUT2D eigenvalue weighted by Gasteiger charge is 2.20. The monoisotopic (exact) mass is 655 g/mol. The fraction of sp³-hybridized carbons (Fsp3) is 0.290. The second-order valence-corrected chi connectivity index (χ2v) is 14.2. The van der Waals surface area contributed by atoms with E-state index in [4.69, 9.17) is 26.1 Å². The smallest absolute Gasteiger partial charge is 0.154 e. The van der Waals surface area contributed by atoms with E-state index in [1.807, 2.05) is 24.4 Å². The summed E-state index contributed by atoms with van der Waals surface area (Å²) in [5.41, 5.74) is 3.33. The van der Waals surface area contributed by atoms with Gasteiger partial charge in [-0.05, 0) is 62.2 Å². The van der Waals surface area contributed by atoms with Crippen molar-refractivity contribution in [3.05, 3.63) is 87.8 Å². The first-order valence-electron chi connectivity index (χ1n) is 14.0. The van der Waals surface area contributed by atoms with E-state index in [-0.39, 0.29) is 30.9 Å². The molecular formula is C31H31ClFN5O4S2. The van der Waals surface area contributed by atoms with Gasteiger partial charge in [-0.3, -0.25) is 4.98 Å². The van der Waals surface area contributed by atoms with Crippen LogP contribution in [0.5, 0.6) is 5.75 Å². The van der Waals surface area contributed by atoms with Crippen LogP contribution in [0, 0.1) is 5.82 Å². The molecule has 230 valence electrons. The number of rotatable bonds is 13. The SMILES string of the molecule is CCC(OCCS(=O)(=O)C(C)C)c1nc(-c2cc3c(Nc4ccc(OCc5cccc(F)c5)c(Cl)c4)ncnc3cn2)cs1. The van der Waals surface area contributed by atoms with Crippen molar-refractivity contribution in [1.29, 1.82) is 0 Å². The highest BCUT2D eigenvalue weighted by atomic mass is 35.5. The number of nitrogens with zero attached hydrogens (tertiary/aromatic N) is 4. The molecule has 3 aromatic heterocycles. The first-order valence-corrected chi connectivity index (χ1v) is 16.9. The van der Waals surface area contributed by atoms with Gasteiger partial charge in [-0.25, -0.2) is 27.8 Å². The van der Waals surface area contributed by atoms with Gasteiger partial charge in [0.15, 0.2) is 9.84 Å². The molecule has 13 heteroatoms. The van der Waals surface area contributed by atoms with E-state index in [0.29, 0.717) is 51.2 Å². The third-order valence-corrected chi connectivity index (χ3v) is 10.2. The first-order chi connectivity index (χ1) is 21.1. The average Bonchev–Trinajstić information content (AvgIpc) is 3.49. The molecule has 0 saturated carbocycles. The van der Waals surface area contributed by atoms with E-state index in [9.17, 15) is 12.8 Å². The van der Waals surface area contributed by atoms with Crippen LogP contribution in [0.25, 0.3) is 22.3 Å². The standard InChI is InChI=1S/C31H31ClFN5O4S2/c1-4-28(41-10-11-44(39,40)19(2)3)31-38-27(17-43-31)25-14-23-26(15-34-25)35-18-36-30(23)37-22-8-9-29(24(32)13-22)42-16-20-6-5-7-21(33)12-20/h5-9,12-15,17-19,28H,4,10-11,16H2,1-3H3,(H,35,36,37). The number of hydrogen-bond donors (Lipinski definition) is 1. The molecule has 5 rings (SSSR count).